The van der Waals surface area contributed by atoms with E-state index in [0.717, 1.165) is 38.5 Å². The number of carbonyl (C=O) groups is 1. The number of amides is 1. The van der Waals surface area contributed by atoms with Gasteiger partial charge in [-0.25, -0.2) is 0 Å². The molecule has 0 radical (unpaired) electrons. The van der Waals surface area contributed by atoms with E-state index in [1.54, 1.807) is 0 Å². The lowest BCUT2D eigenvalue weighted by molar-refractivity contribution is -0.121. The van der Waals surface area contributed by atoms with Gasteiger partial charge in [0.25, 0.3) is 5.91 Å². The predicted octanol–water partition coefficient (Wildman–Crippen LogP) is 3.53. The molecule has 3 rings (SSSR count). The van der Waals surface area contributed by atoms with Crippen LogP contribution >= 0.6 is 12.2 Å². The Labute approximate surface area is 183 Å². The number of rotatable bonds is 7. The highest BCUT2D eigenvalue weighted by atomic mass is 32.1. The van der Waals surface area contributed by atoms with Crippen molar-refractivity contribution in [1.82, 2.24) is 10.2 Å². The zero-order valence-electron chi connectivity index (χ0n) is 17.5. The molecule has 1 saturated heterocycles. The number of carbonyl (C=O) groups excluding carboxylic acids is 1. The maximum absolute atomic E-state index is 12.1. The molecule has 0 saturated carbocycles. The smallest absolute Gasteiger partial charge is 0.264 e. The maximum Gasteiger partial charge on any atom is 0.264 e. The average molecular weight is 428 g/mol. The number of nitrogens with one attached hydrogen (secondary N) is 2. The van der Waals surface area contributed by atoms with Crippen LogP contribution in [0.15, 0.2) is 48.5 Å². The molecule has 0 spiro atoms. The molecule has 2 N–H and O–H groups in total. The largest absolute Gasteiger partial charge is 0.484 e. The number of morpholine rings is 1. The summed E-state index contributed by atoms with van der Waals surface area (Å²) in [4.78, 5) is 14.5. The highest BCUT2D eigenvalue weighted by Crippen LogP contribution is 2.18. The van der Waals surface area contributed by atoms with E-state index in [2.05, 4.69) is 41.5 Å². The van der Waals surface area contributed by atoms with Gasteiger partial charge in [0.2, 0.25) is 0 Å². The molecule has 7 heteroatoms. The first-order valence-corrected chi connectivity index (χ1v) is 10.6. The Kier molecular flexibility index (Phi) is 8.19. The second-order valence-electron chi connectivity index (χ2n) is 7.60. The van der Waals surface area contributed by atoms with E-state index in [0.29, 0.717) is 11.7 Å². The van der Waals surface area contributed by atoms with Gasteiger partial charge in [0.05, 0.1) is 13.2 Å². The van der Waals surface area contributed by atoms with E-state index >= 15 is 0 Å². The Morgan fingerprint density at radius 3 is 2.40 bits per heavy atom. The van der Waals surface area contributed by atoms with Gasteiger partial charge >= 0.3 is 0 Å². The second kappa shape index (κ2) is 11.1. The van der Waals surface area contributed by atoms with Crippen LogP contribution in [-0.2, 0) is 16.1 Å². The van der Waals surface area contributed by atoms with Gasteiger partial charge < -0.3 is 14.8 Å². The van der Waals surface area contributed by atoms with Crippen LogP contribution in [-0.4, -0.2) is 48.8 Å². The summed E-state index contributed by atoms with van der Waals surface area (Å²) in [7, 11) is 0. The lowest BCUT2D eigenvalue weighted by Gasteiger charge is -2.26. The third kappa shape index (κ3) is 7.09. The Morgan fingerprint density at radius 2 is 1.77 bits per heavy atom. The van der Waals surface area contributed by atoms with Crippen molar-refractivity contribution < 1.29 is 14.3 Å². The van der Waals surface area contributed by atoms with Crippen molar-refractivity contribution >= 4 is 28.9 Å². The van der Waals surface area contributed by atoms with Crippen molar-refractivity contribution in [2.45, 2.75) is 26.3 Å². The summed E-state index contributed by atoms with van der Waals surface area (Å²) in [5.74, 6) is 0.813. The average Bonchev–Trinajstić information content (AvgIpc) is 2.74. The number of hydrogen-bond donors (Lipinski definition) is 2. The van der Waals surface area contributed by atoms with Gasteiger partial charge in [-0.3, -0.25) is 15.0 Å². The molecule has 0 atom stereocenters. The predicted molar refractivity (Wildman–Crippen MR) is 123 cm³/mol. The first-order chi connectivity index (χ1) is 14.5. The van der Waals surface area contributed by atoms with E-state index in [1.807, 2.05) is 36.4 Å². The van der Waals surface area contributed by atoms with Crippen LogP contribution in [0.25, 0.3) is 0 Å². The molecule has 1 amide bonds. The van der Waals surface area contributed by atoms with Gasteiger partial charge in [0.15, 0.2) is 11.7 Å². The molecular weight excluding hydrogens is 398 g/mol. The Morgan fingerprint density at radius 1 is 1.10 bits per heavy atom. The van der Waals surface area contributed by atoms with E-state index < -0.39 is 0 Å². The molecule has 6 nitrogen and oxygen atoms in total. The van der Waals surface area contributed by atoms with Crippen LogP contribution in [0.3, 0.4) is 0 Å². The molecule has 1 aliphatic rings. The molecule has 1 fully saturated rings. The first kappa shape index (κ1) is 22.2. The van der Waals surface area contributed by atoms with Crippen LogP contribution in [0.1, 0.15) is 30.9 Å². The van der Waals surface area contributed by atoms with Crippen molar-refractivity contribution in [2.75, 3.05) is 38.2 Å². The number of benzene rings is 2. The standard InChI is InChI=1S/C23H29N3O3S/c1-17(2)19-5-9-21(10-6-19)29-16-22(27)25-23(30)24-20-7-3-18(4-8-20)15-26-11-13-28-14-12-26/h3-10,17H,11-16H2,1-2H3,(H2,24,25,27,30). The Balaban J connectivity index is 1.40. The molecule has 1 heterocycles. The van der Waals surface area contributed by atoms with Gasteiger partial charge in [-0.05, 0) is 53.5 Å². The van der Waals surface area contributed by atoms with E-state index in [-0.39, 0.29) is 17.6 Å². The van der Waals surface area contributed by atoms with Crippen molar-refractivity contribution in [3.05, 3.63) is 59.7 Å². The number of anilines is 1. The summed E-state index contributed by atoms with van der Waals surface area (Å²) in [6, 6.07) is 15.8. The summed E-state index contributed by atoms with van der Waals surface area (Å²) < 4.78 is 10.9. The molecule has 0 bridgehead atoms. The molecule has 2 aromatic carbocycles. The fraction of sp³-hybridized carbons (Fsp3) is 0.391. The van der Waals surface area contributed by atoms with Gasteiger partial charge in [0.1, 0.15) is 5.75 Å². The van der Waals surface area contributed by atoms with E-state index in [9.17, 15) is 4.79 Å². The normalized spacial score (nSPS) is 14.4. The minimum Gasteiger partial charge on any atom is -0.484 e. The number of thiocarbonyl (C=S) groups is 1. The van der Waals surface area contributed by atoms with Crippen molar-refractivity contribution in [3.63, 3.8) is 0 Å². The maximum atomic E-state index is 12.1. The van der Waals surface area contributed by atoms with Crippen LogP contribution < -0.4 is 15.4 Å². The van der Waals surface area contributed by atoms with Gasteiger partial charge in [-0.15, -0.1) is 0 Å². The highest BCUT2D eigenvalue weighted by molar-refractivity contribution is 7.80. The summed E-state index contributed by atoms with van der Waals surface area (Å²) in [6.45, 7) is 8.58. The Hall–Kier alpha value is -2.48. The molecule has 160 valence electrons. The van der Waals surface area contributed by atoms with Gasteiger partial charge in [-0.1, -0.05) is 38.1 Å². The number of ether oxygens (including phenoxy) is 2. The first-order valence-electron chi connectivity index (χ1n) is 10.2. The lowest BCUT2D eigenvalue weighted by atomic mass is 10.0. The molecule has 1 aliphatic heterocycles. The van der Waals surface area contributed by atoms with Crippen molar-refractivity contribution in [2.24, 2.45) is 0 Å². The van der Waals surface area contributed by atoms with Crippen LogP contribution in [0, 0.1) is 0 Å². The minimum atomic E-state index is -0.302. The number of nitrogens with zero attached hydrogens (tertiary/aromatic N) is 1. The van der Waals surface area contributed by atoms with Gasteiger partial charge in [-0.2, -0.15) is 0 Å². The van der Waals surface area contributed by atoms with Crippen LogP contribution in [0.5, 0.6) is 5.75 Å². The third-order valence-electron chi connectivity index (χ3n) is 4.89. The zero-order valence-corrected chi connectivity index (χ0v) is 18.3. The zero-order chi connectivity index (χ0) is 21.3. The molecule has 30 heavy (non-hydrogen) atoms. The topological polar surface area (TPSA) is 62.8 Å². The second-order valence-corrected chi connectivity index (χ2v) is 8.01. The summed E-state index contributed by atoms with van der Waals surface area (Å²) in [6.07, 6.45) is 0. The SMILES string of the molecule is CC(C)c1ccc(OCC(=O)NC(=S)Nc2ccc(CN3CCOCC3)cc2)cc1. The van der Waals surface area contributed by atoms with Crippen LogP contribution in [0.4, 0.5) is 5.69 Å². The van der Waals surface area contributed by atoms with Crippen LogP contribution in [0.2, 0.25) is 0 Å². The summed E-state index contributed by atoms with van der Waals surface area (Å²) in [5.41, 5.74) is 3.29. The number of hydrogen-bond acceptors (Lipinski definition) is 5. The molecule has 0 aliphatic carbocycles. The van der Waals surface area contributed by atoms with E-state index in [1.165, 1.54) is 11.1 Å². The fourth-order valence-corrected chi connectivity index (χ4v) is 3.37. The molecule has 2 aromatic rings. The third-order valence-corrected chi connectivity index (χ3v) is 5.10. The van der Waals surface area contributed by atoms with Crippen molar-refractivity contribution in [1.29, 1.82) is 0 Å². The van der Waals surface area contributed by atoms with Crippen molar-refractivity contribution in [3.8, 4) is 5.75 Å². The van der Waals surface area contributed by atoms with Gasteiger partial charge in [0, 0.05) is 25.3 Å². The molecule has 0 aromatic heterocycles. The summed E-state index contributed by atoms with van der Waals surface area (Å²) in [5, 5.41) is 5.92. The lowest BCUT2D eigenvalue weighted by Crippen LogP contribution is -2.37. The fourth-order valence-electron chi connectivity index (χ4n) is 3.13. The summed E-state index contributed by atoms with van der Waals surface area (Å²) >= 11 is 5.23. The minimum absolute atomic E-state index is 0.0959. The monoisotopic (exact) mass is 427 g/mol. The quantitative estimate of drug-likeness (QED) is 0.659. The molecular formula is C23H29N3O3S. The highest BCUT2D eigenvalue weighted by Gasteiger charge is 2.11. The Bertz CT molecular complexity index is 832. The molecule has 0 unspecified atom stereocenters. The van der Waals surface area contributed by atoms with E-state index in [4.69, 9.17) is 21.7 Å².